The van der Waals surface area contributed by atoms with E-state index in [4.69, 9.17) is 4.74 Å². The van der Waals surface area contributed by atoms with Gasteiger partial charge in [0.2, 0.25) is 0 Å². The number of nitrogens with one attached hydrogen (secondary N) is 3. The Kier molecular flexibility index (Phi) is 7.78. The zero-order valence-electron chi connectivity index (χ0n) is 18.1. The third kappa shape index (κ3) is 5.00. The fraction of sp³-hybridized carbons (Fsp3) is 0.682. The molecule has 6 heteroatoms. The highest BCUT2D eigenvalue weighted by Gasteiger charge is 2.59. The summed E-state index contributed by atoms with van der Waals surface area (Å²) < 4.78 is 5.90. The van der Waals surface area contributed by atoms with Gasteiger partial charge in [-0.3, -0.25) is 4.99 Å². The van der Waals surface area contributed by atoms with E-state index in [1.54, 1.807) is 0 Å². The van der Waals surface area contributed by atoms with Gasteiger partial charge in [0.15, 0.2) is 5.96 Å². The summed E-state index contributed by atoms with van der Waals surface area (Å²) >= 11 is 0. The number of nitrogens with zero attached hydrogens (tertiary/aromatic N) is 1. The molecule has 2 aliphatic rings. The molecule has 5 nitrogen and oxygen atoms in total. The van der Waals surface area contributed by atoms with E-state index >= 15 is 0 Å². The third-order valence-corrected chi connectivity index (χ3v) is 6.22. The Hall–Kier alpha value is -0.860. The standard InChI is InChI=1S/C22H36N4O.HI/c1-15(16-10-8-7-9-11-16)26-21(2,3)14-24-20(23-6)25-18-17-12-13-27-19(17)22(18,4)5;/h7-11,15,17-19,26H,12-14H2,1-6H3,(H2,23,24,25);1H. The van der Waals surface area contributed by atoms with Crippen molar-refractivity contribution in [3.05, 3.63) is 35.9 Å². The summed E-state index contributed by atoms with van der Waals surface area (Å²) in [6.07, 6.45) is 1.53. The number of hydrogen-bond acceptors (Lipinski definition) is 3. The van der Waals surface area contributed by atoms with Crippen molar-refractivity contribution in [3.8, 4) is 0 Å². The topological polar surface area (TPSA) is 57.7 Å². The van der Waals surface area contributed by atoms with Crippen molar-refractivity contribution in [1.29, 1.82) is 0 Å². The fourth-order valence-electron chi connectivity index (χ4n) is 4.73. The molecule has 4 atom stereocenters. The second-order valence-corrected chi connectivity index (χ2v) is 9.27. The lowest BCUT2D eigenvalue weighted by Gasteiger charge is -2.55. The number of rotatable bonds is 6. The monoisotopic (exact) mass is 500 g/mol. The molecule has 0 spiro atoms. The molecule has 1 saturated carbocycles. The first-order valence-corrected chi connectivity index (χ1v) is 10.2. The van der Waals surface area contributed by atoms with Gasteiger partial charge in [0.05, 0.1) is 6.10 Å². The molecule has 1 saturated heterocycles. The van der Waals surface area contributed by atoms with E-state index in [9.17, 15) is 0 Å². The van der Waals surface area contributed by atoms with Crippen molar-refractivity contribution < 1.29 is 4.74 Å². The van der Waals surface area contributed by atoms with Crippen LogP contribution in [0.15, 0.2) is 35.3 Å². The van der Waals surface area contributed by atoms with Crippen molar-refractivity contribution in [3.63, 3.8) is 0 Å². The van der Waals surface area contributed by atoms with Crippen LogP contribution in [0.1, 0.15) is 52.6 Å². The van der Waals surface area contributed by atoms with Crippen LogP contribution < -0.4 is 16.0 Å². The van der Waals surface area contributed by atoms with Gasteiger partial charge in [-0.05, 0) is 32.8 Å². The predicted molar refractivity (Wildman–Crippen MR) is 127 cm³/mol. The quantitative estimate of drug-likeness (QED) is 0.317. The molecular formula is C22H37IN4O. The maximum Gasteiger partial charge on any atom is 0.191 e. The number of fused-ring (bicyclic) bond motifs is 1. The van der Waals surface area contributed by atoms with Gasteiger partial charge in [0.1, 0.15) is 0 Å². The van der Waals surface area contributed by atoms with E-state index in [0.717, 1.165) is 25.5 Å². The summed E-state index contributed by atoms with van der Waals surface area (Å²) in [5.41, 5.74) is 1.38. The van der Waals surface area contributed by atoms with Crippen molar-refractivity contribution in [2.45, 2.75) is 64.8 Å². The van der Waals surface area contributed by atoms with Gasteiger partial charge >= 0.3 is 0 Å². The first-order valence-electron chi connectivity index (χ1n) is 10.2. The van der Waals surface area contributed by atoms with Gasteiger partial charge in [-0.25, -0.2) is 0 Å². The van der Waals surface area contributed by atoms with Crippen molar-refractivity contribution in [1.82, 2.24) is 16.0 Å². The van der Waals surface area contributed by atoms with Gasteiger partial charge in [-0.2, -0.15) is 0 Å². The van der Waals surface area contributed by atoms with Crippen LogP contribution >= 0.6 is 24.0 Å². The lowest BCUT2D eigenvalue weighted by Crippen LogP contribution is -2.68. The molecule has 1 aromatic carbocycles. The Labute approximate surface area is 187 Å². The highest BCUT2D eigenvalue weighted by Crippen LogP contribution is 2.52. The molecule has 2 fully saturated rings. The fourth-order valence-corrected chi connectivity index (χ4v) is 4.73. The first kappa shape index (κ1) is 23.4. The summed E-state index contributed by atoms with van der Waals surface area (Å²) in [5.74, 6) is 1.48. The van der Waals surface area contributed by atoms with E-state index in [1.807, 2.05) is 7.05 Å². The lowest BCUT2D eigenvalue weighted by atomic mass is 9.57. The second-order valence-electron chi connectivity index (χ2n) is 9.27. The van der Waals surface area contributed by atoms with E-state index in [2.05, 4.69) is 85.9 Å². The molecule has 0 radical (unpaired) electrons. The van der Waals surface area contributed by atoms with Crippen molar-refractivity contribution in [2.75, 3.05) is 20.2 Å². The minimum absolute atomic E-state index is 0. The summed E-state index contributed by atoms with van der Waals surface area (Å²) in [7, 11) is 1.84. The Morgan fingerprint density at radius 1 is 1.29 bits per heavy atom. The van der Waals surface area contributed by atoms with Gasteiger partial charge in [0, 0.05) is 49.2 Å². The molecule has 28 heavy (non-hydrogen) atoms. The average Bonchev–Trinajstić information content (AvgIpc) is 3.09. The number of aliphatic imine (C=N–C) groups is 1. The minimum Gasteiger partial charge on any atom is -0.377 e. The molecule has 1 heterocycles. The SMILES string of the molecule is CN=C(NCC(C)(C)NC(C)c1ccccc1)NC1C2CCOC2C1(C)C.I. The predicted octanol–water partition coefficient (Wildman–Crippen LogP) is 3.71. The Morgan fingerprint density at radius 2 is 1.96 bits per heavy atom. The smallest absolute Gasteiger partial charge is 0.191 e. The highest BCUT2D eigenvalue weighted by atomic mass is 127. The maximum atomic E-state index is 5.90. The van der Waals surface area contributed by atoms with Gasteiger partial charge in [-0.15, -0.1) is 24.0 Å². The zero-order chi connectivity index (χ0) is 19.7. The Balaban J connectivity index is 0.00000280. The van der Waals surface area contributed by atoms with E-state index in [0.29, 0.717) is 24.1 Å². The van der Waals surface area contributed by atoms with Crippen LogP contribution in [0, 0.1) is 11.3 Å². The van der Waals surface area contributed by atoms with E-state index in [1.165, 1.54) is 5.56 Å². The van der Waals surface area contributed by atoms with Crippen LogP contribution in [0.3, 0.4) is 0 Å². The highest BCUT2D eigenvalue weighted by molar-refractivity contribution is 14.0. The summed E-state index contributed by atoms with van der Waals surface area (Å²) in [4.78, 5) is 4.46. The van der Waals surface area contributed by atoms with Crippen LogP contribution in [0.4, 0.5) is 0 Å². The number of ether oxygens (including phenoxy) is 1. The molecular weight excluding hydrogens is 463 g/mol. The van der Waals surface area contributed by atoms with Crippen molar-refractivity contribution >= 4 is 29.9 Å². The summed E-state index contributed by atoms with van der Waals surface area (Å²) in [6, 6.07) is 11.3. The molecule has 0 bridgehead atoms. The number of halogens is 1. The molecule has 1 aliphatic carbocycles. The molecule has 0 amide bonds. The largest absolute Gasteiger partial charge is 0.377 e. The van der Waals surface area contributed by atoms with Gasteiger partial charge in [-0.1, -0.05) is 44.2 Å². The summed E-state index contributed by atoms with van der Waals surface area (Å²) in [5, 5.41) is 10.9. The number of hydrogen-bond donors (Lipinski definition) is 3. The van der Waals surface area contributed by atoms with Crippen LogP contribution in [0.5, 0.6) is 0 Å². The molecule has 3 rings (SSSR count). The average molecular weight is 500 g/mol. The van der Waals surface area contributed by atoms with Crippen molar-refractivity contribution in [2.24, 2.45) is 16.3 Å². The molecule has 4 unspecified atom stereocenters. The zero-order valence-corrected chi connectivity index (χ0v) is 20.4. The Morgan fingerprint density at radius 3 is 2.61 bits per heavy atom. The van der Waals surface area contributed by atoms with E-state index in [-0.39, 0.29) is 34.9 Å². The molecule has 0 aromatic heterocycles. The van der Waals surface area contributed by atoms with E-state index < -0.39 is 0 Å². The Bertz CT molecular complexity index is 662. The molecule has 1 aliphatic heterocycles. The van der Waals surface area contributed by atoms with Crippen LogP contribution in [0.25, 0.3) is 0 Å². The maximum absolute atomic E-state index is 5.90. The molecule has 3 N–H and O–H groups in total. The normalized spacial score (nSPS) is 27.2. The summed E-state index contributed by atoms with van der Waals surface area (Å²) in [6.45, 7) is 12.9. The lowest BCUT2D eigenvalue weighted by molar-refractivity contribution is -0.106. The molecule has 1 aromatic rings. The number of benzene rings is 1. The van der Waals surface area contributed by atoms with Crippen LogP contribution in [-0.2, 0) is 4.74 Å². The van der Waals surface area contributed by atoms with Gasteiger partial charge < -0.3 is 20.7 Å². The van der Waals surface area contributed by atoms with Gasteiger partial charge in [0.25, 0.3) is 0 Å². The number of guanidine groups is 1. The van der Waals surface area contributed by atoms with Crippen LogP contribution in [0.2, 0.25) is 0 Å². The second kappa shape index (κ2) is 9.30. The first-order chi connectivity index (χ1) is 12.7. The minimum atomic E-state index is -0.0684. The third-order valence-electron chi connectivity index (χ3n) is 6.22. The van der Waals surface area contributed by atoms with Crippen LogP contribution in [-0.4, -0.2) is 43.8 Å². The molecule has 158 valence electrons.